The summed E-state index contributed by atoms with van der Waals surface area (Å²) in [6.07, 6.45) is 0. The zero-order valence-electron chi connectivity index (χ0n) is 18.9. The van der Waals surface area contributed by atoms with Crippen molar-refractivity contribution in [3.05, 3.63) is 95.6 Å². The Bertz CT molecular complexity index is 1000. The predicted octanol–water partition coefficient (Wildman–Crippen LogP) is 4.08. The summed E-state index contributed by atoms with van der Waals surface area (Å²) in [6, 6.07) is 25.4. The Hall–Kier alpha value is -3.35. The van der Waals surface area contributed by atoms with E-state index in [1.54, 1.807) is 19.2 Å². The number of carbonyl (C=O) groups is 1. The molecule has 0 bridgehead atoms. The molecule has 1 saturated heterocycles. The summed E-state index contributed by atoms with van der Waals surface area (Å²) in [5.74, 6) is 1.45. The molecule has 1 aliphatic rings. The molecule has 0 radical (unpaired) electrons. The molecule has 0 spiro atoms. The molecule has 1 N–H and O–H groups in total. The van der Waals surface area contributed by atoms with Crippen molar-refractivity contribution in [2.75, 3.05) is 40.0 Å². The topological polar surface area (TPSA) is 60.0 Å². The van der Waals surface area contributed by atoms with Gasteiger partial charge in [-0.25, -0.2) is 0 Å². The number of ether oxygens (including phenoxy) is 3. The molecule has 1 heterocycles. The molecule has 3 aromatic carbocycles. The Morgan fingerprint density at radius 1 is 0.939 bits per heavy atom. The van der Waals surface area contributed by atoms with Crippen LogP contribution in [0.4, 0.5) is 0 Å². The average molecular weight is 447 g/mol. The van der Waals surface area contributed by atoms with Crippen molar-refractivity contribution in [3.63, 3.8) is 0 Å². The van der Waals surface area contributed by atoms with Crippen LogP contribution in [0, 0.1) is 0 Å². The van der Waals surface area contributed by atoms with Gasteiger partial charge in [0, 0.05) is 25.2 Å². The van der Waals surface area contributed by atoms with Crippen molar-refractivity contribution in [2.24, 2.45) is 0 Å². The molecule has 1 atom stereocenters. The third-order valence-corrected chi connectivity index (χ3v) is 5.81. The van der Waals surface area contributed by atoms with Gasteiger partial charge >= 0.3 is 0 Å². The quantitative estimate of drug-likeness (QED) is 0.537. The number of morpholine rings is 1. The van der Waals surface area contributed by atoms with Gasteiger partial charge in [0.1, 0.15) is 18.1 Å². The molecule has 0 aliphatic carbocycles. The number of nitrogens with zero attached hydrogens (tertiary/aromatic N) is 1. The third kappa shape index (κ3) is 6.34. The van der Waals surface area contributed by atoms with E-state index in [1.165, 1.54) is 0 Å². The summed E-state index contributed by atoms with van der Waals surface area (Å²) in [7, 11) is 1.66. The van der Waals surface area contributed by atoms with Gasteiger partial charge in [-0.3, -0.25) is 9.69 Å². The van der Waals surface area contributed by atoms with Gasteiger partial charge in [0.15, 0.2) is 0 Å². The fraction of sp³-hybridized carbons (Fsp3) is 0.296. The molecule has 172 valence electrons. The summed E-state index contributed by atoms with van der Waals surface area (Å²) < 4.78 is 16.6. The van der Waals surface area contributed by atoms with Gasteiger partial charge in [-0.05, 0) is 47.5 Å². The first kappa shape index (κ1) is 22.8. The van der Waals surface area contributed by atoms with Crippen LogP contribution < -0.4 is 14.8 Å². The van der Waals surface area contributed by atoms with E-state index in [-0.39, 0.29) is 11.9 Å². The minimum Gasteiger partial charge on any atom is -0.497 e. The van der Waals surface area contributed by atoms with Crippen molar-refractivity contribution in [3.8, 4) is 11.5 Å². The van der Waals surface area contributed by atoms with Gasteiger partial charge in [-0.2, -0.15) is 0 Å². The normalized spacial score (nSPS) is 14.9. The van der Waals surface area contributed by atoms with Gasteiger partial charge in [0.05, 0.1) is 26.4 Å². The lowest BCUT2D eigenvalue weighted by Gasteiger charge is -2.35. The molecular formula is C27H30N2O4. The van der Waals surface area contributed by atoms with Gasteiger partial charge in [-0.15, -0.1) is 0 Å². The van der Waals surface area contributed by atoms with Crippen molar-refractivity contribution in [2.45, 2.75) is 12.6 Å². The summed E-state index contributed by atoms with van der Waals surface area (Å²) in [6.45, 7) is 4.07. The molecule has 1 fully saturated rings. The minimum atomic E-state index is -0.101. The van der Waals surface area contributed by atoms with E-state index in [4.69, 9.17) is 14.2 Å². The number of rotatable bonds is 9. The van der Waals surface area contributed by atoms with E-state index in [1.807, 2.05) is 54.6 Å². The van der Waals surface area contributed by atoms with Crippen molar-refractivity contribution >= 4 is 5.91 Å². The summed E-state index contributed by atoms with van der Waals surface area (Å²) in [4.78, 5) is 15.2. The highest BCUT2D eigenvalue weighted by atomic mass is 16.5. The second-order valence-electron chi connectivity index (χ2n) is 7.95. The molecule has 6 nitrogen and oxygen atoms in total. The molecular weight excluding hydrogens is 416 g/mol. The highest BCUT2D eigenvalue weighted by Crippen LogP contribution is 2.24. The molecule has 0 saturated carbocycles. The molecule has 6 heteroatoms. The lowest BCUT2D eigenvalue weighted by molar-refractivity contribution is 0.0162. The lowest BCUT2D eigenvalue weighted by Crippen LogP contribution is -2.43. The maximum absolute atomic E-state index is 12.8. The zero-order valence-corrected chi connectivity index (χ0v) is 18.9. The van der Waals surface area contributed by atoms with E-state index in [0.29, 0.717) is 31.9 Å². The van der Waals surface area contributed by atoms with E-state index < -0.39 is 0 Å². The molecule has 1 aliphatic heterocycles. The van der Waals surface area contributed by atoms with Crippen LogP contribution in [0.1, 0.15) is 27.5 Å². The number of amides is 1. The summed E-state index contributed by atoms with van der Waals surface area (Å²) in [5.41, 5.74) is 2.85. The minimum absolute atomic E-state index is 0.0669. The highest BCUT2D eigenvalue weighted by Gasteiger charge is 2.23. The van der Waals surface area contributed by atoms with E-state index >= 15 is 0 Å². The average Bonchev–Trinajstić information content (AvgIpc) is 2.89. The Morgan fingerprint density at radius 3 is 2.27 bits per heavy atom. The van der Waals surface area contributed by atoms with Crippen LogP contribution in [-0.2, 0) is 11.3 Å². The first-order valence-corrected chi connectivity index (χ1v) is 11.2. The number of methoxy groups -OCH3 is 1. The highest BCUT2D eigenvalue weighted by molar-refractivity contribution is 5.94. The Balaban J connectivity index is 1.37. The molecule has 1 amide bonds. The second kappa shape index (κ2) is 11.5. The number of hydrogen-bond acceptors (Lipinski definition) is 5. The number of carbonyl (C=O) groups excluding carboxylic acids is 1. The lowest BCUT2D eigenvalue weighted by atomic mass is 10.0. The fourth-order valence-corrected chi connectivity index (χ4v) is 3.91. The number of hydrogen-bond donors (Lipinski definition) is 1. The monoisotopic (exact) mass is 446 g/mol. The van der Waals surface area contributed by atoms with Crippen LogP contribution in [0.25, 0.3) is 0 Å². The van der Waals surface area contributed by atoms with Crippen LogP contribution in [0.15, 0.2) is 78.9 Å². The van der Waals surface area contributed by atoms with Crippen LogP contribution in [-0.4, -0.2) is 50.8 Å². The molecule has 33 heavy (non-hydrogen) atoms. The van der Waals surface area contributed by atoms with Crippen molar-refractivity contribution in [1.82, 2.24) is 10.2 Å². The van der Waals surface area contributed by atoms with Crippen molar-refractivity contribution < 1.29 is 19.0 Å². The Labute approximate surface area is 195 Å². The first-order valence-electron chi connectivity index (χ1n) is 11.2. The van der Waals surface area contributed by atoms with E-state index in [9.17, 15) is 4.79 Å². The van der Waals surface area contributed by atoms with E-state index in [2.05, 4.69) is 22.3 Å². The Kier molecular flexibility index (Phi) is 7.95. The fourth-order valence-electron chi connectivity index (χ4n) is 3.91. The van der Waals surface area contributed by atoms with Crippen LogP contribution in [0.5, 0.6) is 11.5 Å². The summed E-state index contributed by atoms with van der Waals surface area (Å²) in [5, 5.41) is 3.11. The molecule has 0 aromatic heterocycles. The Morgan fingerprint density at radius 2 is 1.61 bits per heavy atom. The van der Waals surface area contributed by atoms with Crippen molar-refractivity contribution in [1.29, 1.82) is 0 Å². The smallest absolute Gasteiger partial charge is 0.251 e. The molecule has 0 unspecified atom stereocenters. The third-order valence-electron chi connectivity index (χ3n) is 5.81. The maximum atomic E-state index is 12.8. The number of benzene rings is 3. The molecule has 3 aromatic rings. The largest absolute Gasteiger partial charge is 0.497 e. The van der Waals surface area contributed by atoms with Crippen LogP contribution >= 0.6 is 0 Å². The van der Waals surface area contributed by atoms with Crippen LogP contribution in [0.3, 0.4) is 0 Å². The van der Waals surface area contributed by atoms with Gasteiger partial charge in [-0.1, -0.05) is 42.5 Å². The number of nitrogens with one attached hydrogen (secondary N) is 1. The van der Waals surface area contributed by atoms with Crippen LogP contribution in [0.2, 0.25) is 0 Å². The molecule has 4 rings (SSSR count). The van der Waals surface area contributed by atoms with Gasteiger partial charge in [0.2, 0.25) is 0 Å². The van der Waals surface area contributed by atoms with E-state index in [0.717, 1.165) is 35.7 Å². The first-order chi connectivity index (χ1) is 16.2. The van der Waals surface area contributed by atoms with Gasteiger partial charge < -0.3 is 19.5 Å². The maximum Gasteiger partial charge on any atom is 0.251 e. The second-order valence-corrected chi connectivity index (χ2v) is 7.95. The summed E-state index contributed by atoms with van der Waals surface area (Å²) >= 11 is 0. The SMILES string of the molecule is COc1ccc([C@@H](CNC(=O)c2ccc(OCc3ccccc3)cc2)N2CCOCC2)cc1. The zero-order chi connectivity index (χ0) is 22.9. The van der Waals surface area contributed by atoms with Gasteiger partial charge in [0.25, 0.3) is 5.91 Å². The standard InChI is InChI=1S/C27H30N2O4/c1-31-24-11-7-22(8-12-24)26(29-15-17-32-18-16-29)19-28-27(30)23-9-13-25(14-10-23)33-20-21-5-3-2-4-6-21/h2-14,26H,15-20H2,1H3,(H,28,30)/t26-/m1/s1. The predicted molar refractivity (Wildman–Crippen MR) is 128 cm³/mol.